The van der Waals surface area contributed by atoms with Crippen molar-refractivity contribution in [3.8, 4) is 5.75 Å². The summed E-state index contributed by atoms with van der Waals surface area (Å²) in [7, 11) is 1.60. The van der Waals surface area contributed by atoms with Gasteiger partial charge in [-0.05, 0) is 47.5 Å². The molecule has 0 saturated carbocycles. The van der Waals surface area contributed by atoms with E-state index in [0.717, 1.165) is 38.4 Å². The zero-order chi connectivity index (χ0) is 19.1. The molecule has 0 aliphatic carbocycles. The highest BCUT2D eigenvalue weighted by atomic mass is 79.9. The molecule has 2 aromatic carbocycles. The largest absolute Gasteiger partial charge is 0.497 e. The molecular formula is C17H21Br2FN4OS3. The van der Waals surface area contributed by atoms with Gasteiger partial charge in [-0.25, -0.2) is 4.39 Å². The summed E-state index contributed by atoms with van der Waals surface area (Å²) in [6.45, 7) is 0. The Hall–Kier alpha value is -0.880. The number of nitrogens with one attached hydrogen (secondary N) is 2. The lowest BCUT2D eigenvalue weighted by Crippen LogP contribution is -2.04. The molecule has 0 amide bonds. The Morgan fingerprint density at radius 2 is 1.43 bits per heavy atom. The van der Waals surface area contributed by atoms with E-state index in [1.807, 2.05) is 18.2 Å². The highest BCUT2D eigenvalue weighted by molar-refractivity contribution is 8.93. The normalized spacial score (nSPS) is 9.79. The monoisotopic (exact) mass is 570 g/mol. The van der Waals surface area contributed by atoms with Crippen molar-refractivity contribution in [2.75, 3.05) is 7.11 Å². The fraction of sp³-hybridized carbons (Fsp3) is 0.176. The average molecular weight is 572 g/mol. The van der Waals surface area contributed by atoms with Gasteiger partial charge in [0.15, 0.2) is 10.3 Å². The number of halogens is 3. The predicted molar refractivity (Wildman–Crippen MR) is 131 cm³/mol. The van der Waals surface area contributed by atoms with Crippen LogP contribution in [-0.2, 0) is 11.5 Å². The number of rotatable bonds is 7. The van der Waals surface area contributed by atoms with Gasteiger partial charge in [0, 0.05) is 21.3 Å². The Morgan fingerprint density at radius 3 is 1.93 bits per heavy atom. The molecule has 6 N–H and O–H groups in total. The molecule has 0 aliphatic rings. The van der Waals surface area contributed by atoms with Crippen LogP contribution in [0.1, 0.15) is 11.1 Å². The van der Waals surface area contributed by atoms with Crippen LogP contribution in [0.4, 0.5) is 4.39 Å². The van der Waals surface area contributed by atoms with Gasteiger partial charge in [-0.2, -0.15) is 0 Å². The van der Waals surface area contributed by atoms with Crippen LogP contribution in [0.15, 0.2) is 46.2 Å². The van der Waals surface area contributed by atoms with Crippen molar-refractivity contribution < 1.29 is 9.13 Å². The maximum Gasteiger partial charge on any atom is 0.151 e. The molecule has 0 aromatic heterocycles. The van der Waals surface area contributed by atoms with Gasteiger partial charge < -0.3 is 16.2 Å². The fourth-order valence-corrected chi connectivity index (χ4v) is 4.40. The third-order valence-corrected chi connectivity index (χ3v) is 6.05. The lowest BCUT2D eigenvalue weighted by molar-refractivity contribution is 0.414. The Balaban J connectivity index is 0.00000364. The molecule has 2 aromatic rings. The molecule has 0 spiro atoms. The van der Waals surface area contributed by atoms with Crippen molar-refractivity contribution in [3.63, 3.8) is 0 Å². The van der Waals surface area contributed by atoms with Crippen LogP contribution in [0.2, 0.25) is 0 Å². The summed E-state index contributed by atoms with van der Waals surface area (Å²) in [5.41, 5.74) is 12.6. The quantitative estimate of drug-likeness (QED) is 0.262. The summed E-state index contributed by atoms with van der Waals surface area (Å²) in [6, 6.07) is 10.3. The minimum atomic E-state index is -0.324. The zero-order valence-corrected chi connectivity index (χ0v) is 20.7. The Kier molecular flexibility index (Phi) is 12.9. The van der Waals surface area contributed by atoms with Crippen molar-refractivity contribution in [2.24, 2.45) is 11.5 Å². The van der Waals surface area contributed by atoms with E-state index < -0.39 is 0 Å². The molecule has 11 heteroatoms. The van der Waals surface area contributed by atoms with E-state index >= 15 is 0 Å². The first-order chi connectivity index (χ1) is 12.4. The van der Waals surface area contributed by atoms with Gasteiger partial charge in [-0.15, -0.1) is 34.0 Å². The molecule has 0 saturated heterocycles. The molecular weight excluding hydrogens is 551 g/mol. The van der Waals surface area contributed by atoms with E-state index in [1.165, 1.54) is 35.7 Å². The third kappa shape index (κ3) is 8.64. The number of thioether (sulfide) groups is 2. The van der Waals surface area contributed by atoms with Gasteiger partial charge in [0.25, 0.3) is 0 Å². The smallest absolute Gasteiger partial charge is 0.151 e. The predicted octanol–water partition coefficient (Wildman–Crippen LogP) is 5.39. The molecule has 0 unspecified atom stereocenters. The van der Waals surface area contributed by atoms with Crippen LogP contribution in [0.3, 0.4) is 0 Å². The number of methoxy groups -OCH3 is 1. The Morgan fingerprint density at radius 1 is 0.929 bits per heavy atom. The molecule has 154 valence electrons. The van der Waals surface area contributed by atoms with E-state index in [4.69, 9.17) is 27.0 Å². The summed E-state index contributed by atoms with van der Waals surface area (Å²) >= 11 is 3.89. The second-order valence-electron chi connectivity index (χ2n) is 5.13. The first kappa shape index (κ1) is 27.1. The van der Waals surface area contributed by atoms with Crippen LogP contribution in [0.25, 0.3) is 0 Å². The third-order valence-electron chi connectivity index (χ3n) is 3.28. The highest BCUT2D eigenvalue weighted by Gasteiger charge is 2.12. The fourth-order valence-electron chi connectivity index (χ4n) is 2.09. The van der Waals surface area contributed by atoms with Crippen molar-refractivity contribution in [2.45, 2.75) is 21.3 Å². The number of hydrogen-bond acceptors (Lipinski definition) is 6. The van der Waals surface area contributed by atoms with Gasteiger partial charge in [0.05, 0.1) is 7.11 Å². The number of nitrogens with two attached hydrogens (primary N) is 2. The van der Waals surface area contributed by atoms with Gasteiger partial charge in [-0.1, -0.05) is 35.3 Å². The summed E-state index contributed by atoms with van der Waals surface area (Å²) in [5.74, 6) is 1.35. The molecule has 0 radical (unpaired) electrons. The molecule has 2 rings (SSSR count). The zero-order valence-electron chi connectivity index (χ0n) is 14.9. The molecule has 5 nitrogen and oxygen atoms in total. The van der Waals surface area contributed by atoms with Crippen LogP contribution in [0, 0.1) is 16.6 Å². The second kappa shape index (κ2) is 13.4. The number of ether oxygens (including phenoxy) is 1. The average Bonchev–Trinajstić information content (AvgIpc) is 2.60. The SMILES string of the molecule is Br.Br.COc1ccc(Sc2ccc(F)cc2CSC(=N)N)c(CSC(=N)N)c1. The maximum atomic E-state index is 13.6. The van der Waals surface area contributed by atoms with Gasteiger partial charge in [0.2, 0.25) is 0 Å². The van der Waals surface area contributed by atoms with E-state index in [0.29, 0.717) is 11.5 Å². The molecule has 0 atom stereocenters. The lowest BCUT2D eigenvalue weighted by atomic mass is 10.2. The second-order valence-corrected chi connectivity index (χ2v) is 8.25. The van der Waals surface area contributed by atoms with E-state index in [1.54, 1.807) is 13.2 Å². The molecule has 0 aliphatic heterocycles. The topological polar surface area (TPSA) is 109 Å². The van der Waals surface area contributed by atoms with Gasteiger partial charge >= 0.3 is 0 Å². The number of amidine groups is 2. The Labute approximate surface area is 197 Å². The van der Waals surface area contributed by atoms with Gasteiger partial charge in [0.1, 0.15) is 11.6 Å². The maximum absolute atomic E-state index is 13.6. The van der Waals surface area contributed by atoms with Crippen LogP contribution in [-0.4, -0.2) is 17.4 Å². The van der Waals surface area contributed by atoms with Crippen molar-refractivity contribution >= 4 is 79.6 Å². The number of hydrogen-bond donors (Lipinski definition) is 4. The number of benzene rings is 2. The minimum Gasteiger partial charge on any atom is -0.497 e. The summed E-state index contributed by atoms with van der Waals surface area (Å²) in [4.78, 5) is 1.86. The van der Waals surface area contributed by atoms with Crippen LogP contribution < -0.4 is 16.2 Å². The highest BCUT2D eigenvalue weighted by Crippen LogP contribution is 2.37. The van der Waals surface area contributed by atoms with Crippen molar-refractivity contribution in [3.05, 3.63) is 53.3 Å². The Bertz CT molecular complexity index is 827. The molecule has 0 bridgehead atoms. The summed E-state index contributed by atoms with van der Waals surface area (Å²) < 4.78 is 18.9. The molecule has 28 heavy (non-hydrogen) atoms. The summed E-state index contributed by atoms with van der Waals surface area (Å²) in [6.07, 6.45) is 0. The van der Waals surface area contributed by atoms with E-state index in [9.17, 15) is 4.39 Å². The van der Waals surface area contributed by atoms with Crippen LogP contribution >= 0.6 is 69.2 Å². The standard InChI is InChI=1S/C17H19FN4OS3.2BrH/c1-23-13-3-5-15(11(7-13)9-25-17(21)22)26-14-4-2-12(18)6-10(14)8-24-16(19)20;;/h2-7H,8-9H2,1H3,(H3,19,20)(H3,21,22);2*1H. The molecule has 0 heterocycles. The van der Waals surface area contributed by atoms with Crippen molar-refractivity contribution in [1.82, 2.24) is 0 Å². The summed E-state index contributed by atoms with van der Waals surface area (Å²) in [5, 5.41) is 14.8. The van der Waals surface area contributed by atoms with Gasteiger partial charge in [-0.3, -0.25) is 10.8 Å². The first-order valence-corrected chi connectivity index (χ1v) is 10.2. The minimum absolute atomic E-state index is 0. The van der Waals surface area contributed by atoms with E-state index in [-0.39, 0.29) is 50.1 Å². The molecule has 0 fully saturated rings. The van der Waals surface area contributed by atoms with E-state index in [2.05, 4.69) is 0 Å². The first-order valence-electron chi connectivity index (χ1n) is 7.46. The van der Waals surface area contributed by atoms with Crippen LogP contribution in [0.5, 0.6) is 5.75 Å². The lowest BCUT2D eigenvalue weighted by Gasteiger charge is -2.13. The van der Waals surface area contributed by atoms with Crippen molar-refractivity contribution in [1.29, 1.82) is 10.8 Å².